The minimum atomic E-state index is -1.40. The Balaban J connectivity index is 1.95. The molecule has 2 N–H and O–H groups in total. The molecule has 24 heavy (non-hydrogen) atoms. The van der Waals surface area contributed by atoms with Crippen LogP contribution < -0.4 is 10.1 Å². The molecule has 2 aromatic carbocycles. The van der Waals surface area contributed by atoms with Crippen LogP contribution in [0.4, 0.5) is 16.2 Å². The monoisotopic (exact) mass is 388 g/mol. The molecular weight excluding hydrogens is 376 g/mol. The first-order chi connectivity index (χ1) is 11.4. The number of rotatable bonds is 3. The standard InChI is InChI=1S/C17H13BrN2O4/c1-9(19-11-4-2-10(18)3-5-11)15-13-8-12(24-17(22)23)6-7-14(13)20-16(15)21/h2-8,15H,1H3,(H,20,21)(H,22,23). The Hall–Kier alpha value is -2.67. The van der Waals surface area contributed by atoms with Crippen LogP contribution in [0.25, 0.3) is 0 Å². The van der Waals surface area contributed by atoms with Crippen LogP contribution in [-0.4, -0.2) is 22.9 Å². The largest absolute Gasteiger partial charge is 0.511 e. The van der Waals surface area contributed by atoms with Gasteiger partial charge in [0, 0.05) is 15.9 Å². The molecule has 1 atom stereocenters. The predicted octanol–water partition coefficient (Wildman–Crippen LogP) is 4.33. The average Bonchev–Trinajstić information content (AvgIpc) is 2.84. The molecule has 0 aromatic heterocycles. The summed E-state index contributed by atoms with van der Waals surface area (Å²) in [5.74, 6) is -0.615. The Bertz CT molecular complexity index is 846. The lowest BCUT2D eigenvalue weighted by Gasteiger charge is -2.10. The molecule has 0 bridgehead atoms. The third-order valence-corrected chi connectivity index (χ3v) is 4.14. The number of fused-ring (bicyclic) bond motifs is 1. The number of hydrogen-bond acceptors (Lipinski definition) is 4. The molecule has 0 spiro atoms. The Morgan fingerprint density at radius 3 is 2.62 bits per heavy atom. The van der Waals surface area contributed by atoms with E-state index in [2.05, 4.69) is 31.0 Å². The second-order valence-electron chi connectivity index (χ2n) is 5.27. The number of amides is 1. The van der Waals surface area contributed by atoms with Crippen LogP contribution in [0.1, 0.15) is 18.4 Å². The van der Waals surface area contributed by atoms with Gasteiger partial charge < -0.3 is 15.2 Å². The molecule has 0 saturated heterocycles. The van der Waals surface area contributed by atoms with E-state index in [0.717, 1.165) is 10.2 Å². The van der Waals surface area contributed by atoms with E-state index in [1.807, 2.05) is 24.3 Å². The van der Waals surface area contributed by atoms with Crippen LogP contribution >= 0.6 is 15.9 Å². The first kappa shape index (κ1) is 16.2. The molecule has 2 aromatic rings. The molecule has 1 aliphatic rings. The van der Waals surface area contributed by atoms with E-state index in [1.165, 1.54) is 6.07 Å². The van der Waals surface area contributed by atoms with E-state index in [4.69, 9.17) is 5.11 Å². The normalized spacial score (nSPS) is 16.5. The fourth-order valence-corrected chi connectivity index (χ4v) is 2.87. The zero-order valence-electron chi connectivity index (χ0n) is 12.6. The molecule has 0 aliphatic carbocycles. The quantitative estimate of drug-likeness (QED) is 0.465. The molecule has 1 heterocycles. The molecule has 6 nitrogen and oxygen atoms in total. The summed E-state index contributed by atoms with van der Waals surface area (Å²) in [4.78, 5) is 27.5. The van der Waals surface area contributed by atoms with Crippen LogP contribution in [0.15, 0.2) is 51.9 Å². The SMILES string of the molecule is CC(=Nc1ccc(Br)cc1)C1C(=O)Nc2ccc(OC(=O)O)cc21. The van der Waals surface area contributed by atoms with Crippen molar-refractivity contribution in [3.05, 3.63) is 52.5 Å². The second kappa shape index (κ2) is 6.45. The lowest BCUT2D eigenvalue weighted by Crippen LogP contribution is -2.18. The molecular formula is C17H13BrN2O4. The summed E-state index contributed by atoms with van der Waals surface area (Å²) < 4.78 is 5.61. The van der Waals surface area contributed by atoms with E-state index < -0.39 is 12.1 Å². The van der Waals surface area contributed by atoms with Crippen LogP contribution in [0.5, 0.6) is 5.75 Å². The molecule has 1 amide bonds. The fourth-order valence-electron chi connectivity index (χ4n) is 2.60. The highest BCUT2D eigenvalue weighted by atomic mass is 79.9. The van der Waals surface area contributed by atoms with Crippen molar-refractivity contribution in [2.24, 2.45) is 4.99 Å². The summed E-state index contributed by atoms with van der Waals surface area (Å²) >= 11 is 3.36. The molecule has 0 radical (unpaired) electrons. The molecule has 0 saturated carbocycles. The Morgan fingerprint density at radius 1 is 1.25 bits per heavy atom. The highest BCUT2D eigenvalue weighted by molar-refractivity contribution is 9.10. The number of carbonyl (C=O) groups excluding carboxylic acids is 1. The van der Waals surface area contributed by atoms with Gasteiger partial charge in [0.15, 0.2) is 0 Å². The van der Waals surface area contributed by atoms with E-state index in [0.29, 0.717) is 17.0 Å². The van der Waals surface area contributed by atoms with Gasteiger partial charge in [0.25, 0.3) is 0 Å². The number of hydrogen-bond donors (Lipinski definition) is 2. The summed E-state index contributed by atoms with van der Waals surface area (Å²) in [5, 5.41) is 11.5. The van der Waals surface area contributed by atoms with Crippen LogP contribution in [0, 0.1) is 0 Å². The predicted molar refractivity (Wildman–Crippen MR) is 93.4 cm³/mol. The van der Waals surface area contributed by atoms with Crippen molar-refractivity contribution in [1.82, 2.24) is 0 Å². The fraction of sp³-hybridized carbons (Fsp3) is 0.118. The molecule has 7 heteroatoms. The minimum absolute atomic E-state index is 0.166. The van der Waals surface area contributed by atoms with Gasteiger partial charge in [-0.3, -0.25) is 9.79 Å². The minimum Gasteiger partial charge on any atom is -0.449 e. The zero-order valence-corrected chi connectivity index (χ0v) is 14.2. The van der Waals surface area contributed by atoms with Crippen molar-refractivity contribution in [3.63, 3.8) is 0 Å². The topological polar surface area (TPSA) is 88.0 Å². The van der Waals surface area contributed by atoms with Crippen LogP contribution in [0.3, 0.4) is 0 Å². The van der Waals surface area contributed by atoms with Gasteiger partial charge in [-0.15, -0.1) is 0 Å². The van der Waals surface area contributed by atoms with Crippen molar-refractivity contribution in [2.45, 2.75) is 12.8 Å². The summed E-state index contributed by atoms with van der Waals surface area (Å²) in [5.41, 5.74) is 2.63. The zero-order chi connectivity index (χ0) is 17.3. The Morgan fingerprint density at radius 2 is 1.96 bits per heavy atom. The summed E-state index contributed by atoms with van der Waals surface area (Å²) in [6, 6.07) is 12.1. The highest BCUT2D eigenvalue weighted by Gasteiger charge is 2.33. The number of carboxylic acid groups (broad SMARTS) is 1. The maximum atomic E-state index is 12.3. The van der Waals surface area contributed by atoms with Gasteiger partial charge in [0.05, 0.1) is 5.69 Å². The molecule has 122 valence electrons. The third kappa shape index (κ3) is 3.30. The van der Waals surface area contributed by atoms with Gasteiger partial charge in [-0.05, 0) is 55.0 Å². The first-order valence-electron chi connectivity index (χ1n) is 7.10. The van der Waals surface area contributed by atoms with Gasteiger partial charge >= 0.3 is 6.16 Å². The van der Waals surface area contributed by atoms with Gasteiger partial charge in [-0.25, -0.2) is 4.79 Å². The molecule has 1 aliphatic heterocycles. The maximum Gasteiger partial charge on any atom is 0.511 e. The number of nitrogens with one attached hydrogen (secondary N) is 1. The Kier molecular flexibility index (Phi) is 4.35. The van der Waals surface area contributed by atoms with Gasteiger partial charge in [0.1, 0.15) is 11.7 Å². The number of nitrogens with zero attached hydrogens (tertiary/aromatic N) is 1. The van der Waals surface area contributed by atoms with Crippen LogP contribution in [-0.2, 0) is 4.79 Å². The smallest absolute Gasteiger partial charge is 0.449 e. The molecule has 3 rings (SSSR count). The van der Waals surface area contributed by atoms with E-state index in [9.17, 15) is 9.59 Å². The first-order valence-corrected chi connectivity index (χ1v) is 7.89. The van der Waals surface area contributed by atoms with Crippen molar-refractivity contribution in [1.29, 1.82) is 0 Å². The number of benzene rings is 2. The summed E-state index contributed by atoms with van der Waals surface area (Å²) in [7, 11) is 0. The lowest BCUT2D eigenvalue weighted by atomic mass is 9.96. The van der Waals surface area contributed by atoms with Crippen molar-refractivity contribution < 1.29 is 19.4 Å². The summed E-state index contributed by atoms with van der Waals surface area (Å²) in [6.07, 6.45) is -1.40. The average molecular weight is 389 g/mol. The third-order valence-electron chi connectivity index (χ3n) is 3.61. The van der Waals surface area contributed by atoms with Crippen molar-refractivity contribution in [2.75, 3.05) is 5.32 Å². The Labute approximate surface area is 146 Å². The van der Waals surface area contributed by atoms with Crippen molar-refractivity contribution >= 4 is 45.1 Å². The van der Waals surface area contributed by atoms with Gasteiger partial charge in [-0.2, -0.15) is 0 Å². The lowest BCUT2D eigenvalue weighted by molar-refractivity contribution is -0.115. The number of halogens is 1. The van der Waals surface area contributed by atoms with Crippen molar-refractivity contribution in [3.8, 4) is 5.75 Å². The van der Waals surface area contributed by atoms with E-state index >= 15 is 0 Å². The van der Waals surface area contributed by atoms with Gasteiger partial charge in [0.2, 0.25) is 5.91 Å². The summed E-state index contributed by atoms with van der Waals surface area (Å²) in [6.45, 7) is 1.77. The number of ether oxygens (including phenoxy) is 1. The van der Waals surface area contributed by atoms with E-state index in [1.54, 1.807) is 19.1 Å². The number of carbonyl (C=O) groups is 2. The highest BCUT2D eigenvalue weighted by Crippen LogP contribution is 2.36. The second-order valence-corrected chi connectivity index (χ2v) is 6.18. The number of aliphatic imine (C=N–C) groups is 1. The molecule has 0 fully saturated rings. The van der Waals surface area contributed by atoms with Gasteiger partial charge in [-0.1, -0.05) is 15.9 Å². The molecule has 1 unspecified atom stereocenters. The van der Waals surface area contributed by atoms with Crippen LogP contribution in [0.2, 0.25) is 0 Å². The maximum absolute atomic E-state index is 12.3. The number of anilines is 1. The van der Waals surface area contributed by atoms with E-state index in [-0.39, 0.29) is 11.7 Å².